The van der Waals surface area contributed by atoms with Crippen molar-refractivity contribution in [1.82, 2.24) is 10.2 Å². The smallest absolute Gasteiger partial charge is 0.241 e. The van der Waals surface area contributed by atoms with Gasteiger partial charge in [-0.1, -0.05) is 18.2 Å². The highest BCUT2D eigenvalue weighted by molar-refractivity contribution is 6.01. The molecule has 0 aromatic heterocycles. The number of anilines is 1. The third-order valence-corrected chi connectivity index (χ3v) is 5.42. The van der Waals surface area contributed by atoms with Crippen molar-refractivity contribution in [3.8, 4) is 0 Å². The second-order valence-corrected chi connectivity index (χ2v) is 8.22. The Labute approximate surface area is 163 Å². The predicted molar refractivity (Wildman–Crippen MR) is 111 cm³/mol. The minimum Gasteiger partial charge on any atom is -0.379 e. The molecule has 1 aromatic carbocycles. The molecule has 2 heterocycles. The summed E-state index contributed by atoms with van der Waals surface area (Å²) in [6.45, 7) is 14.4. The molecular formula is C22H33N3O2. The number of fused-ring (bicyclic) bond motifs is 1. The fourth-order valence-corrected chi connectivity index (χ4v) is 4.13. The Morgan fingerprint density at radius 1 is 1.22 bits per heavy atom. The first-order valence-electron chi connectivity index (χ1n) is 10.0. The van der Waals surface area contributed by atoms with Crippen LogP contribution in [0.1, 0.15) is 38.3 Å². The second-order valence-electron chi connectivity index (χ2n) is 8.22. The van der Waals surface area contributed by atoms with Gasteiger partial charge in [-0.05, 0) is 64.4 Å². The van der Waals surface area contributed by atoms with Crippen molar-refractivity contribution in [1.29, 1.82) is 0 Å². The van der Waals surface area contributed by atoms with Crippen LogP contribution in [0, 0.1) is 6.92 Å². The van der Waals surface area contributed by atoms with Gasteiger partial charge in [0.15, 0.2) is 0 Å². The molecule has 1 fully saturated rings. The Morgan fingerprint density at radius 2 is 1.96 bits per heavy atom. The van der Waals surface area contributed by atoms with E-state index >= 15 is 0 Å². The highest BCUT2D eigenvalue weighted by Gasteiger charge is 2.35. The SMILES string of the molecule is CC1=CC(C)(C)N(C(=O)CNCCCN2CCOCC2)c2cc(C)ccc21. The molecular weight excluding hydrogens is 338 g/mol. The minimum absolute atomic E-state index is 0.127. The molecule has 0 radical (unpaired) electrons. The van der Waals surface area contributed by atoms with E-state index in [0.717, 1.165) is 57.1 Å². The monoisotopic (exact) mass is 371 g/mol. The molecule has 0 unspecified atom stereocenters. The van der Waals surface area contributed by atoms with Gasteiger partial charge in [0.1, 0.15) is 0 Å². The minimum atomic E-state index is -0.322. The number of rotatable bonds is 6. The summed E-state index contributed by atoms with van der Waals surface area (Å²) in [5.74, 6) is 0.127. The molecule has 2 aliphatic heterocycles. The molecule has 1 aromatic rings. The lowest BCUT2D eigenvalue weighted by atomic mass is 9.88. The van der Waals surface area contributed by atoms with Crippen LogP contribution in [0.3, 0.4) is 0 Å². The lowest BCUT2D eigenvalue weighted by Gasteiger charge is -2.41. The number of nitrogens with one attached hydrogen (secondary N) is 1. The lowest BCUT2D eigenvalue weighted by Crippen LogP contribution is -2.52. The van der Waals surface area contributed by atoms with Gasteiger partial charge in [-0.3, -0.25) is 9.69 Å². The van der Waals surface area contributed by atoms with Gasteiger partial charge in [0, 0.05) is 18.7 Å². The molecule has 0 bridgehead atoms. The Kier molecular flexibility index (Phi) is 6.35. The first-order chi connectivity index (χ1) is 12.9. The van der Waals surface area contributed by atoms with E-state index < -0.39 is 0 Å². The first-order valence-corrected chi connectivity index (χ1v) is 10.0. The number of morpholine rings is 1. The van der Waals surface area contributed by atoms with Gasteiger partial charge in [0.05, 0.1) is 31.0 Å². The summed E-state index contributed by atoms with van der Waals surface area (Å²) in [6.07, 6.45) is 3.24. The highest BCUT2D eigenvalue weighted by Crippen LogP contribution is 2.39. The number of aryl methyl sites for hydroxylation is 1. The van der Waals surface area contributed by atoms with Gasteiger partial charge < -0.3 is 15.0 Å². The second kappa shape index (κ2) is 8.55. The number of carbonyl (C=O) groups is 1. The average Bonchev–Trinajstić information content (AvgIpc) is 2.61. The van der Waals surface area contributed by atoms with Gasteiger partial charge in [-0.2, -0.15) is 0 Å². The van der Waals surface area contributed by atoms with Crippen LogP contribution in [0.25, 0.3) is 5.57 Å². The predicted octanol–water partition coefficient (Wildman–Crippen LogP) is 2.84. The zero-order valence-electron chi connectivity index (χ0n) is 17.2. The molecule has 3 rings (SSSR count). The van der Waals surface area contributed by atoms with Crippen LogP contribution < -0.4 is 10.2 Å². The normalized spacial score (nSPS) is 19.6. The Morgan fingerprint density at radius 3 is 2.70 bits per heavy atom. The molecule has 1 saturated heterocycles. The molecule has 1 N–H and O–H groups in total. The van der Waals surface area contributed by atoms with E-state index in [0.29, 0.717) is 6.54 Å². The summed E-state index contributed by atoms with van der Waals surface area (Å²) >= 11 is 0. The molecule has 5 nitrogen and oxygen atoms in total. The van der Waals surface area contributed by atoms with Crippen molar-refractivity contribution in [3.05, 3.63) is 35.4 Å². The van der Waals surface area contributed by atoms with Gasteiger partial charge in [-0.15, -0.1) is 0 Å². The summed E-state index contributed by atoms with van der Waals surface area (Å²) in [6, 6.07) is 6.37. The summed E-state index contributed by atoms with van der Waals surface area (Å²) in [7, 11) is 0. The number of amides is 1. The number of nitrogens with zero attached hydrogens (tertiary/aromatic N) is 2. The number of allylic oxidation sites excluding steroid dienone is 1. The van der Waals surface area contributed by atoms with E-state index in [-0.39, 0.29) is 11.4 Å². The number of ether oxygens (including phenoxy) is 1. The Bertz CT molecular complexity index is 706. The quantitative estimate of drug-likeness (QED) is 0.781. The summed E-state index contributed by atoms with van der Waals surface area (Å²) in [4.78, 5) is 17.4. The van der Waals surface area contributed by atoms with Crippen molar-refractivity contribution < 1.29 is 9.53 Å². The molecule has 1 amide bonds. The molecule has 148 valence electrons. The fourth-order valence-electron chi connectivity index (χ4n) is 4.13. The topological polar surface area (TPSA) is 44.8 Å². The molecule has 0 spiro atoms. The summed E-state index contributed by atoms with van der Waals surface area (Å²) < 4.78 is 5.38. The van der Waals surface area contributed by atoms with Crippen LogP contribution >= 0.6 is 0 Å². The third-order valence-electron chi connectivity index (χ3n) is 5.42. The van der Waals surface area contributed by atoms with E-state index in [4.69, 9.17) is 4.74 Å². The van der Waals surface area contributed by atoms with Crippen LogP contribution in [0.2, 0.25) is 0 Å². The molecule has 0 atom stereocenters. The lowest BCUT2D eigenvalue weighted by molar-refractivity contribution is -0.118. The van der Waals surface area contributed by atoms with Crippen LogP contribution in [-0.4, -0.2) is 62.3 Å². The van der Waals surface area contributed by atoms with Crippen molar-refractivity contribution >= 4 is 17.2 Å². The maximum Gasteiger partial charge on any atom is 0.241 e. The summed E-state index contributed by atoms with van der Waals surface area (Å²) in [5, 5.41) is 3.35. The van der Waals surface area contributed by atoms with Crippen molar-refractivity contribution in [2.24, 2.45) is 0 Å². The van der Waals surface area contributed by atoms with E-state index in [1.807, 2.05) is 4.90 Å². The van der Waals surface area contributed by atoms with Gasteiger partial charge in [0.25, 0.3) is 0 Å². The fraction of sp³-hybridized carbons (Fsp3) is 0.591. The standard InChI is InChI=1S/C22H33N3O2/c1-17-6-7-19-18(2)15-22(3,4)25(20(19)14-17)21(26)16-23-8-5-9-24-10-12-27-13-11-24/h6-7,14-15,23H,5,8-13,16H2,1-4H3. The molecule has 0 aliphatic carbocycles. The van der Waals surface area contributed by atoms with E-state index in [9.17, 15) is 4.79 Å². The third kappa shape index (κ3) is 4.78. The number of carbonyl (C=O) groups excluding carboxylic acids is 1. The zero-order chi connectivity index (χ0) is 19.4. The van der Waals surface area contributed by atoms with Crippen molar-refractivity contribution in [3.63, 3.8) is 0 Å². The number of hydrogen-bond acceptors (Lipinski definition) is 4. The van der Waals surface area contributed by atoms with Crippen LogP contribution in [0.15, 0.2) is 24.3 Å². The van der Waals surface area contributed by atoms with Crippen LogP contribution in [0.5, 0.6) is 0 Å². The van der Waals surface area contributed by atoms with E-state index in [1.54, 1.807) is 0 Å². The van der Waals surface area contributed by atoms with E-state index in [2.05, 4.69) is 62.2 Å². The largest absolute Gasteiger partial charge is 0.379 e. The first kappa shape index (κ1) is 20.1. The van der Waals surface area contributed by atoms with Crippen LogP contribution in [0.4, 0.5) is 5.69 Å². The van der Waals surface area contributed by atoms with Crippen molar-refractivity contribution in [2.75, 3.05) is 50.8 Å². The van der Waals surface area contributed by atoms with Gasteiger partial charge >= 0.3 is 0 Å². The molecule has 0 saturated carbocycles. The molecule has 5 heteroatoms. The highest BCUT2D eigenvalue weighted by atomic mass is 16.5. The summed E-state index contributed by atoms with van der Waals surface area (Å²) in [5.41, 5.74) is 4.27. The van der Waals surface area contributed by atoms with Gasteiger partial charge in [0.2, 0.25) is 5.91 Å². The Balaban J connectivity index is 1.58. The number of benzene rings is 1. The molecule has 27 heavy (non-hydrogen) atoms. The van der Waals surface area contributed by atoms with E-state index in [1.165, 1.54) is 11.1 Å². The number of hydrogen-bond donors (Lipinski definition) is 1. The molecule has 2 aliphatic rings. The van der Waals surface area contributed by atoms with Gasteiger partial charge in [-0.25, -0.2) is 0 Å². The maximum atomic E-state index is 13.1. The van der Waals surface area contributed by atoms with Crippen LogP contribution in [-0.2, 0) is 9.53 Å². The van der Waals surface area contributed by atoms with Crippen molar-refractivity contribution in [2.45, 2.75) is 39.7 Å². The maximum absolute atomic E-state index is 13.1. The average molecular weight is 372 g/mol. The Hall–Kier alpha value is -1.69. The zero-order valence-corrected chi connectivity index (χ0v) is 17.2.